The van der Waals surface area contributed by atoms with E-state index in [0.29, 0.717) is 35.5 Å². The van der Waals surface area contributed by atoms with Crippen molar-refractivity contribution in [3.63, 3.8) is 0 Å². The van der Waals surface area contributed by atoms with Gasteiger partial charge in [0, 0.05) is 24.8 Å². The predicted molar refractivity (Wildman–Crippen MR) is 211 cm³/mol. The first-order valence-corrected chi connectivity index (χ1v) is 21.2. The molecule has 0 saturated carbocycles. The molecule has 0 bridgehead atoms. The first-order chi connectivity index (χ1) is 26.3. The lowest BCUT2D eigenvalue weighted by molar-refractivity contribution is -0.132. The van der Waals surface area contributed by atoms with Crippen molar-refractivity contribution in [3.05, 3.63) is 78.4 Å². The molecule has 0 aromatic heterocycles. The van der Waals surface area contributed by atoms with E-state index in [9.17, 15) is 38.4 Å². The number of sulfonamides is 1. The largest absolute Gasteiger partial charge is 0.483 e. The van der Waals surface area contributed by atoms with Crippen LogP contribution in [0.5, 0.6) is 5.75 Å². The fraction of sp³-hybridized carbons (Fsp3) is 0.487. The summed E-state index contributed by atoms with van der Waals surface area (Å²) in [5.74, 6) is -1.31. The Kier molecular flexibility index (Phi) is 16.3. The smallest absolute Gasteiger partial charge is 0.258 e. The van der Waals surface area contributed by atoms with Crippen molar-refractivity contribution >= 4 is 45.0 Å². The molecule has 3 aromatic carbocycles. The molecule has 0 saturated heterocycles. The number of rotatable bonds is 20. The number of aliphatic hydroxyl groups excluding tert-OH is 5. The average molecular weight is 803 g/mol. The van der Waals surface area contributed by atoms with Crippen LogP contribution < -0.4 is 25.0 Å². The third kappa shape index (κ3) is 11.4. The number of carbonyl (C=O) groups is 2. The molecule has 2 amide bonds. The van der Waals surface area contributed by atoms with Crippen LogP contribution in [0.15, 0.2) is 82.6 Å². The number of hydrogen-bond acceptors (Lipinski definition) is 12. The monoisotopic (exact) mass is 802 g/mol. The lowest BCUT2D eigenvalue weighted by Gasteiger charge is -2.37. The fourth-order valence-corrected chi connectivity index (χ4v) is 8.73. The molecular formula is C39H54N4O10S2. The van der Waals surface area contributed by atoms with Crippen LogP contribution in [-0.4, -0.2) is 108 Å². The number of unbranched alkanes of at least 4 members (excludes halogenated alkanes) is 2. The second kappa shape index (κ2) is 20.4. The fourth-order valence-electron chi connectivity index (χ4n) is 6.53. The van der Waals surface area contributed by atoms with Gasteiger partial charge in [-0.3, -0.25) is 9.59 Å². The van der Waals surface area contributed by atoms with Crippen molar-refractivity contribution in [3.8, 4) is 5.75 Å². The molecule has 8 N–H and O–H groups in total. The normalized spacial score (nSPS) is 17.5. The highest BCUT2D eigenvalue weighted by molar-refractivity contribution is 7.98. The zero-order valence-corrected chi connectivity index (χ0v) is 33.1. The highest BCUT2D eigenvalue weighted by Gasteiger charge is 2.42. The maximum Gasteiger partial charge on any atom is 0.258 e. The van der Waals surface area contributed by atoms with Gasteiger partial charge >= 0.3 is 0 Å². The first-order valence-electron chi connectivity index (χ1n) is 18.5. The van der Waals surface area contributed by atoms with E-state index in [0.717, 1.165) is 31.4 Å². The zero-order valence-electron chi connectivity index (χ0n) is 31.4. The highest BCUT2D eigenvalue weighted by atomic mass is 32.2. The summed E-state index contributed by atoms with van der Waals surface area (Å²) in [5.41, 5.74) is 0.983. The maximum atomic E-state index is 14.3. The van der Waals surface area contributed by atoms with Gasteiger partial charge in [0.15, 0.2) is 6.61 Å². The lowest BCUT2D eigenvalue weighted by atomic mass is 9.87. The van der Waals surface area contributed by atoms with Crippen molar-refractivity contribution in [1.82, 2.24) is 15.4 Å². The second-order valence-corrected chi connectivity index (χ2v) is 16.2. The number of hydrogen-bond donors (Lipinski definition) is 8. The number of amides is 2. The molecule has 5 atom stereocenters. The van der Waals surface area contributed by atoms with Crippen molar-refractivity contribution in [2.75, 3.05) is 37.5 Å². The minimum Gasteiger partial charge on any atom is -0.483 e. The number of ether oxygens (including phenoxy) is 1. The second-order valence-electron chi connectivity index (χ2n) is 13.7. The van der Waals surface area contributed by atoms with Crippen LogP contribution in [0.25, 0.3) is 0 Å². The van der Waals surface area contributed by atoms with Gasteiger partial charge in [0.25, 0.3) is 5.91 Å². The zero-order chi connectivity index (χ0) is 40.2. The molecule has 55 heavy (non-hydrogen) atoms. The first kappa shape index (κ1) is 44.0. The standard InChI is InChI=1S/C39H54N4O10S2/c1-4-6-18-39(19-7-5-2)25-43(27-16-12-9-13-17-27)28-20-32(54-3)31(21-33(28)55(51,52)42-39)53-24-34(47)41-35(26-14-10-8-11-15-26)38(50)40-22-29(45)36(48)37(49)30(46)23-44/h8-17,20-21,29-30,35-37,42,44-46,48-49H,4-7,18-19,22-25H2,1-3H3,(H,40,50)(H,41,47)/t29-,30+,35+,36+,37+/m0/s1. The van der Waals surface area contributed by atoms with Crippen LogP contribution in [0, 0.1) is 0 Å². The van der Waals surface area contributed by atoms with Gasteiger partial charge in [-0.05, 0) is 42.9 Å². The Morgan fingerprint density at radius 3 is 2.11 bits per heavy atom. The van der Waals surface area contributed by atoms with Gasteiger partial charge in [-0.1, -0.05) is 88.1 Å². The Morgan fingerprint density at radius 2 is 1.53 bits per heavy atom. The predicted octanol–water partition coefficient (Wildman–Crippen LogP) is 2.75. The van der Waals surface area contributed by atoms with Gasteiger partial charge in [-0.15, -0.1) is 11.8 Å². The molecule has 0 radical (unpaired) electrons. The van der Waals surface area contributed by atoms with Crippen molar-refractivity contribution in [2.24, 2.45) is 0 Å². The molecule has 0 fully saturated rings. The number of carbonyl (C=O) groups excluding carboxylic acids is 2. The number of nitrogens with zero attached hydrogens (tertiary/aromatic N) is 1. The number of nitrogens with one attached hydrogen (secondary N) is 3. The van der Waals surface area contributed by atoms with Gasteiger partial charge in [0.1, 0.15) is 35.0 Å². The summed E-state index contributed by atoms with van der Waals surface area (Å²) in [6.45, 7) is 2.59. The molecule has 1 aliphatic rings. The molecule has 3 aromatic rings. The van der Waals surface area contributed by atoms with E-state index >= 15 is 0 Å². The summed E-state index contributed by atoms with van der Waals surface area (Å²) in [6, 6.07) is 19.8. The Morgan fingerprint density at radius 1 is 0.927 bits per heavy atom. The van der Waals surface area contributed by atoms with E-state index in [-0.39, 0.29) is 10.6 Å². The van der Waals surface area contributed by atoms with E-state index in [1.165, 1.54) is 17.8 Å². The number of thioether (sulfide) groups is 1. The van der Waals surface area contributed by atoms with Crippen LogP contribution in [0.2, 0.25) is 0 Å². The number of para-hydroxylation sites is 1. The number of benzene rings is 3. The molecule has 14 nitrogen and oxygen atoms in total. The summed E-state index contributed by atoms with van der Waals surface area (Å²) in [7, 11) is -4.09. The van der Waals surface area contributed by atoms with Crippen LogP contribution in [0.4, 0.5) is 11.4 Å². The molecule has 0 aliphatic carbocycles. The summed E-state index contributed by atoms with van der Waals surface area (Å²) >= 11 is 1.33. The van der Waals surface area contributed by atoms with Crippen LogP contribution in [-0.2, 0) is 19.6 Å². The van der Waals surface area contributed by atoms with E-state index in [2.05, 4.69) is 29.2 Å². The molecule has 16 heteroatoms. The van der Waals surface area contributed by atoms with Gasteiger partial charge in [-0.2, -0.15) is 0 Å². The SMILES string of the molecule is CCCCC1(CCCC)CN(c2ccccc2)c2cc(SC)c(OCC(=O)N[C@@H](C(=O)NC[C@H](O)[C@@H](O)[C@H](O)[C@H](O)CO)c3ccccc3)cc2S(=O)(=O)N1. The van der Waals surface area contributed by atoms with Crippen molar-refractivity contribution in [1.29, 1.82) is 0 Å². The quantitative estimate of drug-likeness (QED) is 0.0774. The van der Waals surface area contributed by atoms with Crippen molar-refractivity contribution < 1.29 is 48.3 Å². The van der Waals surface area contributed by atoms with Gasteiger partial charge in [-0.25, -0.2) is 13.1 Å². The third-order valence-corrected chi connectivity index (χ3v) is 12.0. The molecule has 0 unspecified atom stereocenters. The minimum atomic E-state index is -4.09. The molecule has 1 heterocycles. The average Bonchev–Trinajstić information content (AvgIpc) is 3.29. The van der Waals surface area contributed by atoms with Gasteiger partial charge in [0.2, 0.25) is 15.9 Å². The number of fused-ring (bicyclic) bond motifs is 1. The Bertz CT molecular complexity index is 1790. The highest BCUT2D eigenvalue weighted by Crippen LogP contribution is 2.44. The Balaban J connectivity index is 1.60. The molecular weight excluding hydrogens is 749 g/mol. The summed E-state index contributed by atoms with van der Waals surface area (Å²) in [5, 5.41) is 54.1. The number of anilines is 2. The minimum absolute atomic E-state index is 0.0124. The molecule has 302 valence electrons. The summed E-state index contributed by atoms with van der Waals surface area (Å²) < 4.78 is 37.7. The van der Waals surface area contributed by atoms with E-state index in [1.807, 2.05) is 41.5 Å². The lowest BCUT2D eigenvalue weighted by Crippen LogP contribution is -2.53. The van der Waals surface area contributed by atoms with Gasteiger partial charge in [0.05, 0.1) is 28.8 Å². The van der Waals surface area contributed by atoms with E-state index in [1.54, 1.807) is 36.4 Å². The van der Waals surface area contributed by atoms with Crippen LogP contribution >= 0.6 is 11.8 Å². The van der Waals surface area contributed by atoms with Crippen LogP contribution in [0.1, 0.15) is 64.0 Å². The summed E-state index contributed by atoms with van der Waals surface area (Å²) in [4.78, 5) is 29.4. The van der Waals surface area contributed by atoms with E-state index < -0.39 is 77.6 Å². The van der Waals surface area contributed by atoms with Crippen LogP contribution in [0.3, 0.4) is 0 Å². The third-order valence-electron chi connectivity index (χ3n) is 9.59. The molecule has 1 aliphatic heterocycles. The molecule has 0 spiro atoms. The number of aliphatic hydroxyl groups is 5. The van der Waals surface area contributed by atoms with Crippen molar-refractivity contribution in [2.45, 2.75) is 98.2 Å². The Labute approximate surface area is 327 Å². The maximum absolute atomic E-state index is 14.3. The summed E-state index contributed by atoms with van der Waals surface area (Å²) in [6.07, 6.45) is -0.584. The Hall–Kier alpha value is -3.74. The van der Waals surface area contributed by atoms with E-state index in [4.69, 9.17) is 9.84 Å². The topological polar surface area (TPSA) is 218 Å². The van der Waals surface area contributed by atoms with Gasteiger partial charge < -0.3 is 45.8 Å². The molecule has 4 rings (SSSR count).